The zero-order valence-corrected chi connectivity index (χ0v) is 12.9. The molecule has 1 atom stereocenters. The van der Waals surface area contributed by atoms with Crippen LogP contribution in [-0.2, 0) is 12.8 Å². The van der Waals surface area contributed by atoms with E-state index in [1.165, 1.54) is 0 Å². The second kappa shape index (κ2) is 5.16. The number of phenols is 2. The van der Waals surface area contributed by atoms with Crippen molar-refractivity contribution in [2.24, 2.45) is 5.41 Å². The highest BCUT2D eigenvalue weighted by Gasteiger charge is 2.38. The largest absolute Gasteiger partial charge is 0.508 e. The summed E-state index contributed by atoms with van der Waals surface area (Å²) in [6.45, 7) is 3.99. The van der Waals surface area contributed by atoms with E-state index in [4.69, 9.17) is 0 Å². The van der Waals surface area contributed by atoms with E-state index in [1.54, 1.807) is 30.3 Å². The zero-order chi connectivity index (χ0) is 15.9. The maximum Gasteiger partial charge on any atom is 0.169 e. The summed E-state index contributed by atoms with van der Waals surface area (Å²) < 4.78 is 0. The number of carbonyl (C=O) groups excluding carboxylic acids is 1. The first kappa shape index (κ1) is 14.6. The van der Waals surface area contributed by atoms with E-state index >= 15 is 0 Å². The number of rotatable bonds is 2. The van der Waals surface area contributed by atoms with Crippen LogP contribution in [0, 0.1) is 12.3 Å². The molecule has 1 aliphatic rings. The smallest absolute Gasteiger partial charge is 0.169 e. The van der Waals surface area contributed by atoms with Gasteiger partial charge in [0, 0.05) is 11.0 Å². The van der Waals surface area contributed by atoms with Gasteiger partial charge in [0.15, 0.2) is 5.78 Å². The third kappa shape index (κ3) is 2.47. The molecule has 0 heterocycles. The van der Waals surface area contributed by atoms with Gasteiger partial charge in [-0.3, -0.25) is 4.79 Å². The third-order valence-electron chi connectivity index (χ3n) is 4.74. The number of fused-ring (bicyclic) bond motifs is 1. The molecular weight excluding hydrogens is 276 g/mol. The minimum absolute atomic E-state index is 0.122. The summed E-state index contributed by atoms with van der Waals surface area (Å²) in [5.41, 5.74) is 3.27. The fourth-order valence-electron chi connectivity index (χ4n) is 3.30. The van der Waals surface area contributed by atoms with Gasteiger partial charge in [0.2, 0.25) is 0 Å². The van der Waals surface area contributed by atoms with Crippen molar-refractivity contribution in [1.29, 1.82) is 0 Å². The summed E-state index contributed by atoms with van der Waals surface area (Å²) in [4.78, 5) is 12.9. The standard InChI is InChI=1S/C19H20O3/c1-12-3-4-15(20)10-14(12)11-19(2)8-7-13-9-16(21)5-6-17(13)18(19)22/h3-6,9-10,20-21H,7-8,11H2,1-2H3. The van der Waals surface area contributed by atoms with Gasteiger partial charge in [0.05, 0.1) is 0 Å². The normalized spacial score (nSPS) is 20.7. The number of carbonyl (C=O) groups is 1. The van der Waals surface area contributed by atoms with Crippen LogP contribution in [0.3, 0.4) is 0 Å². The Morgan fingerprint density at radius 3 is 2.55 bits per heavy atom. The van der Waals surface area contributed by atoms with Gasteiger partial charge in [-0.15, -0.1) is 0 Å². The summed E-state index contributed by atoms with van der Waals surface area (Å²) in [6.07, 6.45) is 2.15. The van der Waals surface area contributed by atoms with Crippen molar-refractivity contribution in [3.05, 3.63) is 58.7 Å². The molecule has 22 heavy (non-hydrogen) atoms. The highest BCUT2D eigenvalue weighted by molar-refractivity contribution is 6.02. The van der Waals surface area contributed by atoms with Gasteiger partial charge in [-0.25, -0.2) is 0 Å². The Morgan fingerprint density at radius 1 is 1.09 bits per heavy atom. The van der Waals surface area contributed by atoms with E-state index in [0.29, 0.717) is 12.0 Å². The van der Waals surface area contributed by atoms with E-state index in [-0.39, 0.29) is 17.3 Å². The van der Waals surface area contributed by atoms with Crippen molar-refractivity contribution in [3.63, 3.8) is 0 Å². The highest BCUT2D eigenvalue weighted by Crippen LogP contribution is 2.39. The van der Waals surface area contributed by atoms with Crippen molar-refractivity contribution >= 4 is 5.78 Å². The molecule has 0 fully saturated rings. The number of hydrogen-bond acceptors (Lipinski definition) is 3. The van der Waals surface area contributed by atoms with E-state index in [0.717, 1.165) is 29.5 Å². The Kier molecular flexibility index (Phi) is 3.44. The summed E-state index contributed by atoms with van der Waals surface area (Å²) in [7, 11) is 0. The van der Waals surface area contributed by atoms with Gasteiger partial charge < -0.3 is 10.2 Å². The van der Waals surface area contributed by atoms with Crippen LogP contribution in [0.2, 0.25) is 0 Å². The quantitative estimate of drug-likeness (QED) is 0.886. The highest BCUT2D eigenvalue weighted by atomic mass is 16.3. The van der Waals surface area contributed by atoms with Crippen molar-refractivity contribution in [2.45, 2.75) is 33.1 Å². The Bertz CT molecular complexity index is 748. The summed E-state index contributed by atoms with van der Waals surface area (Å²) >= 11 is 0. The molecule has 0 aromatic heterocycles. The summed E-state index contributed by atoms with van der Waals surface area (Å²) in [6, 6.07) is 10.3. The predicted octanol–water partition coefficient (Wildman–Crippen LogP) is 3.78. The van der Waals surface area contributed by atoms with E-state index in [1.807, 2.05) is 19.9 Å². The molecule has 0 spiro atoms. The van der Waals surface area contributed by atoms with Crippen LogP contribution in [-0.4, -0.2) is 16.0 Å². The minimum atomic E-state index is -0.470. The van der Waals surface area contributed by atoms with Gasteiger partial charge in [-0.05, 0) is 73.2 Å². The monoisotopic (exact) mass is 296 g/mol. The van der Waals surface area contributed by atoms with Crippen LogP contribution in [0.1, 0.15) is 40.4 Å². The van der Waals surface area contributed by atoms with Crippen LogP contribution in [0.15, 0.2) is 36.4 Å². The van der Waals surface area contributed by atoms with Crippen LogP contribution < -0.4 is 0 Å². The van der Waals surface area contributed by atoms with Crippen molar-refractivity contribution in [3.8, 4) is 11.5 Å². The Labute approximate surface area is 130 Å². The van der Waals surface area contributed by atoms with Crippen molar-refractivity contribution < 1.29 is 15.0 Å². The van der Waals surface area contributed by atoms with E-state index in [9.17, 15) is 15.0 Å². The first-order valence-corrected chi connectivity index (χ1v) is 7.54. The molecule has 3 heteroatoms. The molecular formula is C19H20O3. The fraction of sp³-hybridized carbons (Fsp3) is 0.316. The molecule has 114 valence electrons. The molecule has 0 amide bonds. The van der Waals surface area contributed by atoms with Crippen LogP contribution in [0.5, 0.6) is 11.5 Å². The predicted molar refractivity (Wildman–Crippen MR) is 85.4 cm³/mol. The summed E-state index contributed by atoms with van der Waals surface area (Å²) in [5.74, 6) is 0.563. The van der Waals surface area contributed by atoms with Gasteiger partial charge in [0.1, 0.15) is 11.5 Å². The molecule has 2 aromatic rings. The molecule has 0 bridgehead atoms. The first-order chi connectivity index (χ1) is 10.4. The van der Waals surface area contributed by atoms with Crippen molar-refractivity contribution in [2.75, 3.05) is 0 Å². The Balaban J connectivity index is 1.95. The number of aryl methyl sites for hydroxylation is 2. The number of hydrogen-bond donors (Lipinski definition) is 2. The fourth-order valence-corrected chi connectivity index (χ4v) is 3.30. The lowest BCUT2D eigenvalue weighted by atomic mass is 9.68. The lowest BCUT2D eigenvalue weighted by Gasteiger charge is -2.34. The first-order valence-electron chi connectivity index (χ1n) is 7.54. The molecule has 1 unspecified atom stereocenters. The maximum atomic E-state index is 12.9. The SMILES string of the molecule is Cc1ccc(O)cc1CC1(C)CCc2cc(O)ccc2C1=O. The van der Waals surface area contributed by atoms with Crippen LogP contribution in [0.4, 0.5) is 0 Å². The molecule has 0 saturated heterocycles. The Morgan fingerprint density at radius 2 is 1.77 bits per heavy atom. The topological polar surface area (TPSA) is 57.5 Å². The second-order valence-corrected chi connectivity index (χ2v) is 6.52. The van der Waals surface area contributed by atoms with Gasteiger partial charge in [-0.1, -0.05) is 13.0 Å². The minimum Gasteiger partial charge on any atom is -0.508 e. The molecule has 0 aliphatic heterocycles. The lowest BCUT2D eigenvalue weighted by molar-refractivity contribution is 0.0784. The second-order valence-electron chi connectivity index (χ2n) is 6.52. The maximum absolute atomic E-state index is 12.9. The lowest BCUT2D eigenvalue weighted by Crippen LogP contribution is -2.35. The number of benzene rings is 2. The van der Waals surface area contributed by atoms with Gasteiger partial charge >= 0.3 is 0 Å². The van der Waals surface area contributed by atoms with E-state index in [2.05, 4.69) is 0 Å². The van der Waals surface area contributed by atoms with E-state index < -0.39 is 5.41 Å². The number of ketones is 1. The molecule has 2 aromatic carbocycles. The average molecular weight is 296 g/mol. The third-order valence-corrected chi connectivity index (χ3v) is 4.74. The van der Waals surface area contributed by atoms with Crippen molar-refractivity contribution in [1.82, 2.24) is 0 Å². The number of Topliss-reactive ketones (excluding diaryl/α,β-unsaturated/α-hetero) is 1. The Hall–Kier alpha value is -2.29. The molecule has 3 rings (SSSR count). The van der Waals surface area contributed by atoms with Gasteiger partial charge in [0.25, 0.3) is 0 Å². The summed E-state index contributed by atoms with van der Waals surface area (Å²) in [5, 5.41) is 19.3. The van der Waals surface area contributed by atoms with Crippen LogP contribution in [0.25, 0.3) is 0 Å². The zero-order valence-electron chi connectivity index (χ0n) is 12.9. The molecule has 3 nitrogen and oxygen atoms in total. The molecule has 2 N–H and O–H groups in total. The van der Waals surface area contributed by atoms with Crippen LogP contribution >= 0.6 is 0 Å². The number of aromatic hydroxyl groups is 2. The number of phenolic OH excluding ortho intramolecular Hbond substituents is 2. The molecule has 0 saturated carbocycles. The molecule has 1 aliphatic carbocycles. The molecule has 0 radical (unpaired) electrons. The van der Waals surface area contributed by atoms with Gasteiger partial charge in [-0.2, -0.15) is 0 Å². The average Bonchev–Trinajstić information content (AvgIpc) is 2.47.